The zero-order valence-corrected chi connectivity index (χ0v) is 10.7. The molecule has 2 saturated heterocycles. The van der Waals surface area contributed by atoms with Crippen molar-refractivity contribution in [2.45, 2.75) is 50.7 Å². The molecule has 0 spiro atoms. The summed E-state index contributed by atoms with van der Waals surface area (Å²) >= 11 is 0. The van der Waals surface area contributed by atoms with Gasteiger partial charge in [-0.05, 0) is 44.7 Å². The van der Waals surface area contributed by atoms with Crippen LogP contribution in [0, 0.1) is 6.92 Å². The molecule has 2 aliphatic heterocycles. The smallest absolute Gasteiger partial charge is 0.106 e. The molecule has 3 nitrogen and oxygen atoms in total. The third-order valence-electron chi connectivity index (χ3n) is 4.48. The lowest BCUT2D eigenvalue weighted by molar-refractivity contribution is 0.295. The van der Waals surface area contributed by atoms with Gasteiger partial charge in [0.1, 0.15) is 5.82 Å². The van der Waals surface area contributed by atoms with Crippen LogP contribution in [-0.2, 0) is 0 Å². The molecule has 2 fully saturated rings. The summed E-state index contributed by atoms with van der Waals surface area (Å²) in [5.74, 6) is 1.16. The van der Waals surface area contributed by atoms with Crippen LogP contribution in [0.5, 0.6) is 0 Å². The first-order valence-electron chi connectivity index (χ1n) is 6.95. The Labute approximate surface area is 107 Å². The van der Waals surface area contributed by atoms with E-state index in [2.05, 4.69) is 35.8 Å². The Bertz CT molecular complexity index is 574. The first-order valence-corrected chi connectivity index (χ1v) is 6.95. The van der Waals surface area contributed by atoms with Crippen LogP contribution in [0.1, 0.15) is 37.5 Å². The molecule has 3 heteroatoms. The predicted octanol–water partition coefficient (Wildman–Crippen LogP) is 2.82. The number of para-hydroxylation sites is 2. The van der Waals surface area contributed by atoms with Crippen molar-refractivity contribution < 1.29 is 0 Å². The Hall–Kier alpha value is -1.35. The molecule has 0 saturated carbocycles. The second-order valence-electron chi connectivity index (χ2n) is 5.68. The summed E-state index contributed by atoms with van der Waals surface area (Å²) in [6.45, 7) is 2.13. The van der Waals surface area contributed by atoms with E-state index in [9.17, 15) is 0 Å². The zero-order valence-electron chi connectivity index (χ0n) is 10.7. The maximum atomic E-state index is 4.83. The van der Waals surface area contributed by atoms with Crippen molar-refractivity contribution in [1.29, 1.82) is 0 Å². The fourth-order valence-corrected chi connectivity index (χ4v) is 3.75. The highest BCUT2D eigenvalue weighted by molar-refractivity contribution is 5.76. The summed E-state index contributed by atoms with van der Waals surface area (Å²) < 4.78 is 2.45. The average Bonchev–Trinajstić information content (AvgIpc) is 2.88. The highest BCUT2D eigenvalue weighted by atomic mass is 15.1. The van der Waals surface area contributed by atoms with Crippen LogP contribution in [0.3, 0.4) is 0 Å². The van der Waals surface area contributed by atoms with Gasteiger partial charge in [-0.15, -0.1) is 0 Å². The van der Waals surface area contributed by atoms with Gasteiger partial charge in [0.25, 0.3) is 0 Å². The number of rotatable bonds is 1. The van der Waals surface area contributed by atoms with Crippen molar-refractivity contribution in [2.24, 2.45) is 0 Å². The molecule has 2 unspecified atom stereocenters. The first-order chi connectivity index (χ1) is 8.81. The zero-order chi connectivity index (χ0) is 12.1. The van der Waals surface area contributed by atoms with E-state index in [1.807, 2.05) is 0 Å². The molecule has 2 atom stereocenters. The number of hydrogen-bond donors (Lipinski definition) is 0. The number of aromatic nitrogens is 2. The van der Waals surface area contributed by atoms with E-state index in [1.54, 1.807) is 0 Å². The summed E-state index contributed by atoms with van der Waals surface area (Å²) in [5, 5.41) is 4.83. The Morgan fingerprint density at radius 2 is 1.83 bits per heavy atom. The number of nitrogens with zero attached hydrogens (tertiary/aromatic N) is 3. The van der Waals surface area contributed by atoms with Crippen molar-refractivity contribution >= 4 is 11.0 Å². The molecule has 93 valence electrons. The topological polar surface area (TPSA) is 31.9 Å². The Morgan fingerprint density at radius 1 is 1.11 bits per heavy atom. The fourth-order valence-electron chi connectivity index (χ4n) is 3.75. The van der Waals surface area contributed by atoms with Crippen molar-refractivity contribution in [3.05, 3.63) is 30.1 Å². The van der Waals surface area contributed by atoms with Gasteiger partial charge in [0, 0.05) is 18.1 Å². The largest absolute Gasteiger partial charge is 0.325 e. The highest BCUT2D eigenvalue weighted by Gasteiger charge is 2.36. The molecule has 0 aliphatic carbocycles. The summed E-state index contributed by atoms with van der Waals surface area (Å²) in [7, 11) is 0. The van der Waals surface area contributed by atoms with E-state index in [0.717, 1.165) is 11.3 Å². The number of piperidine rings is 1. The minimum Gasteiger partial charge on any atom is -0.325 e. The van der Waals surface area contributed by atoms with E-state index in [1.165, 1.54) is 31.2 Å². The van der Waals surface area contributed by atoms with Crippen molar-refractivity contribution in [2.75, 3.05) is 0 Å². The second kappa shape index (κ2) is 3.82. The molecule has 1 radical (unpaired) electrons. The summed E-state index contributed by atoms with van der Waals surface area (Å²) in [4.78, 5) is 4.69. The van der Waals surface area contributed by atoms with Crippen molar-refractivity contribution in [1.82, 2.24) is 14.9 Å². The van der Waals surface area contributed by atoms with E-state index in [4.69, 9.17) is 10.3 Å². The van der Waals surface area contributed by atoms with Crippen LogP contribution in [0.2, 0.25) is 0 Å². The third kappa shape index (κ3) is 1.50. The lowest BCUT2D eigenvalue weighted by Gasteiger charge is -2.29. The number of aryl methyl sites for hydroxylation is 1. The Morgan fingerprint density at radius 3 is 2.61 bits per heavy atom. The summed E-state index contributed by atoms with van der Waals surface area (Å²) in [5.41, 5.74) is 2.42. The highest BCUT2D eigenvalue weighted by Crippen LogP contribution is 2.37. The Balaban J connectivity index is 1.80. The minimum atomic E-state index is 0.604. The number of fused-ring (bicyclic) bond motifs is 3. The SMILES string of the molecule is Cc1nc2ccccc2n1C1CC2CCC(C1)[N]2. The van der Waals surface area contributed by atoms with E-state index in [-0.39, 0.29) is 0 Å². The molecule has 0 N–H and O–H groups in total. The number of imidazole rings is 1. The fraction of sp³-hybridized carbons (Fsp3) is 0.533. The molecule has 1 aromatic heterocycles. The molecule has 4 rings (SSSR count). The maximum Gasteiger partial charge on any atom is 0.106 e. The van der Waals surface area contributed by atoms with Gasteiger partial charge in [-0.1, -0.05) is 12.1 Å². The standard InChI is InChI=1S/C15H18N3/c1-10-16-14-4-2-3-5-15(14)18(10)13-8-11-6-7-12(9-13)17-11/h2-5,11-13H,6-9H2,1H3. The molecule has 18 heavy (non-hydrogen) atoms. The normalized spacial score (nSPS) is 31.1. The van der Waals surface area contributed by atoms with Crippen molar-refractivity contribution in [3.8, 4) is 0 Å². The van der Waals surface area contributed by atoms with Gasteiger partial charge in [-0.2, -0.15) is 0 Å². The summed E-state index contributed by atoms with van der Waals surface area (Å²) in [6.07, 6.45) is 5.01. The monoisotopic (exact) mass is 240 g/mol. The van der Waals surface area contributed by atoms with Gasteiger partial charge in [0.2, 0.25) is 0 Å². The van der Waals surface area contributed by atoms with Gasteiger partial charge in [0.15, 0.2) is 0 Å². The van der Waals surface area contributed by atoms with Gasteiger partial charge in [0.05, 0.1) is 11.0 Å². The molecule has 1 aromatic carbocycles. The molecular weight excluding hydrogens is 222 g/mol. The van der Waals surface area contributed by atoms with Crippen LogP contribution in [0.25, 0.3) is 11.0 Å². The van der Waals surface area contributed by atoms with Gasteiger partial charge >= 0.3 is 0 Å². The van der Waals surface area contributed by atoms with Crippen molar-refractivity contribution in [3.63, 3.8) is 0 Å². The second-order valence-corrected chi connectivity index (χ2v) is 5.68. The summed E-state index contributed by atoms with van der Waals surface area (Å²) in [6, 6.07) is 10.3. The minimum absolute atomic E-state index is 0.604. The molecular formula is C15H18N3. The van der Waals surface area contributed by atoms with Crippen LogP contribution < -0.4 is 5.32 Å². The lowest BCUT2D eigenvalue weighted by atomic mass is 9.99. The van der Waals surface area contributed by atoms with Crippen LogP contribution >= 0.6 is 0 Å². The quantitative estimate of drug-likeness (QED) is 0.754. The van der Waals surface area contributed by atoms with E-state index >= 15 is 0 Å². The number of hydrogen-bond acceptors (Lipinski definition) is 1. The van der Waals surface area contributed by atoms with E-state index < -0.39 is 0 Å². The van der Waals surface area contributed by atoms with Gasteiger partial charge < -0.3 is 4.57 Å². The molecule has 2 aromatic rings. The predicted molar refractivity (Wildman–Crippen MR) is 71.7 cm³/mol. The van der Waals surface area contributed by atoms with Crippen LogP contribution in [-0.4, -0.2) is 21.6 Å². The average molecular weight is 240 g/mol. The molecule has 2 aliphatic rings. The molecule has 2 bridgehead atoms. The maximum absolute atomic E-state index is 4.83. The first kappa shape index (κ1) is 10.6. The van der Waals surface area contributed by atoms with Crippen LogP contribution in [0.15, 0.2) is 24.3 Å². The number of benzene rings is 1. The van der Waals surface area contributed by atoms with E-state index in [0.29, 0.717) is 18.1 Å². The third-order valence-corrected chi connectivity index (χ3v) is 4.48. The molecule has 3 heterocycles. The van der Waals surface area contributed by atoms with Crippen LogP contribution in [0.4, 0.5) is 0 Å². The van der Waals surface area contributed by atoms with Gasteiger partial charge in [-0.3, -0.25) is 0 Å². The lowest BCUT2D eigenvalue weighted by Crippen LogP contribution is -2.33. The molecule has 0 amide bonds. The Kier molecular flexibility index (Phi) is 2.24. The van der Waals surface area contributed by atoms with Gasteiger partial charge in [-0.25, -0.2) is 10.3 Å².